The normalized spacial score (nSPS) is 15.4. The zero-order chi connectivity index (χ0) is 10.8. The van der Waals surface area contributed by atoms with Gasteiger partial charge in [-0.2, -0.15) is 0 Å². The summed E-state index contributed by atoms with van der Waals surface area (Å²) in [4.78, 5) is 0. The van der Waals surface area contributed by atoms with Crippen molar-refractivity contribution in [2.24, 2.45) is 5.92 Å². The fourth-order valence-corrected chi connectivity index (χ4v) is 1.35. The molecule has 0 fully saturated rings. The minimum Gasteiger partial charge on any atom is -0.382 e. The van der Waals surface area contributed by atoms with Gasteiger partial charge < -0.3 is 14.2 Å². The first-order valence-electron chi connectivity index (χ1n) is 5.34. The molecule has 0 bridgehead atoms. The highest BCUT2D eigenvalue weighted by Gasteiger charge is 2.08. The van der Waals surface area contributed by atoms with Gasteiger partial charge in [-0.15, -0.1) is 0 Å². The molecule has 3 nitrogen and oxygen atoms in total. The van der Waals surface area contributed by atoms with E-state index < -0.39 is 0 Å². The van der Waals surface area contributed by atoms with Crippen molar-refractivity contribution in [1.82, 2.24) is 0 Å². The van der Waals surface area contributed by atoms with Gasteiger partial charge in [0.05, 0.1) is 13.2 Å². The second-order valence-electron chi connectivity index (χ2n) is 3.74. The summed E-state index contributed by atoms with van der Waals surface area (Å²) < 4.78 is 15.7. The number of ether oxygens (including phenoxy) is 3. The summed E-state index contributed by atoms with van der Waals surface area (Å²) in [7, 11) is 3.36. The van der Waals surface area contributed by atoms with Crippen LogP contribution in [0.15, 0.2) is 0 Å². The van der Waals surface area contributed by atoms with Gasteiger partial charge in [0.2, 0.25) is 0 Å². The van der Waals surface area contributed by atoms with Gasteiger partial charge in [-0.3, -0.25) is 0 Å². The van der Waals surface area contributed by atoms with Gasteiger partial charge in [0.15, 0.2) is 0 Å². The standard InChI is InChI=1S/C11H24O3/c1-5-6-10(2)7-14-9-11(13-4)8-12-3/h10-11H,5-9H2,1-4H3. The third kappa shape index (κ3) is 7.30. The largest absolute Gasteiger partial charge is 0.382 e. The topological polar surface area (TPSA) is 27.7 Å². The average molecular weight is 204 g/mol. The minimum absolute atomic E-state index is 0.0637. The Morgan fingerprint density at radius 2 is 1.79 bits per heavy atom. The van der Waals surface area contributed by atoms with Crippen LogP contribution in [0, 0.1) is 5.92 Å². The molecule has 0 aromatic heterocycles. The first-order chi connectivity index (χ1) is 6.74. The lowest BCUT2D eigenvalue weighted by Crippen LogP contribution is -2.24. The van der Waals surface area contributed by atoms with Crippen molar-refractivity contribution in [3.63, 3.8) is 0 Å². The molecule has 0 radical (unpaired) electrons. The van der Waals surface area contributed by atoms with E-state index in [0.717, 1.165) is 6.61 Å². The third-order valence-electron chi connectivity index (χ3n) is 2.17. The molecule has 0 aliphatic rings. The molecule has 0 N–H and O–H groups in total. The van der Waals surface area contributed by atoms with E-state index >= 15 is 0 Å². The van der Waals surface area contributed by atoms with Crippen LogP contribution in [0.25, 0.3) is 0 Å². The molecule has 0 spiro atoms. The van der Waals surface area contributed by atoms with E-state index in [1.54, 1.807) is 14.2 Å². The first kappa shape index (κ1) is 13.9. The lowest BCUT2D eigenvalue weighted by atomic mass is 10.1. The van der Waals surface area contributed by atoms with Crippen LogP contribution in [0.2, 0.25) is 0 Å². The molecule has 0 rings (SSSR count). The van der Waals surface area contributed by atoms with Crippen LogP contribution >= 0.6 is 0 Å². The maximum absolute atomic E-state index is 5.55. The molecule has 86 valence electrons. The molecule has 0 aliphatic heterocycles. The van der Waals surface area contributed by atoms with E-state index in [1.807, 2.05) is 0 Å². The molecule has 2 atom stereocenters. The zero-order valence-electron chi connectivity index (χ0n) is 9.91. The maximum atomic E-state index is 5.55. The molecule has 0 heterocycles. The second-order valence-corrected chi connectivity index (χ2v) is 3.74. The molecule has 3 heteroatoms. The van der Waals surface area contributed by atoms with E-state index in [1.165, 1.54) is 12.8 Å². The van der Waals surface area contributed by atoms with E-state index in [0.29, 0.717) is 19.1 Å². The molecule has 0 aromatic carbocycles. The molecule has 0 saturated heterocycles. The molecule has 0 aromatic rings. The molecular weight excluding hydrogens is 180 g/mol. The van der Waals surface area contributed by atoms with Crippen molar-refractivity contribution in [3.05, 3.63) is 0 Å². The Hall–Kier alpha value is -0.120. The van der Waals surface area contributed by atoms with E-state index in [-0.39, 0.29) is 6.10 Å². The van der Waals surface area contributed by atoms with Gasteiger partial charge >= 0.3 is 0 Å². The zero-order valence-corrected chi connectivity index (χ0v) is 9.91. The van der Waals surface area contributed by atoms with Gasteiger partial charge in [-0.25, -0.2) is 0 Å². The minimum atomic E-state index is 0.0637. The van der Waals surface area contributed by atoms with Gasteiger partial charge in [-0.05, 0) is 12.3 Å². The van der Waals surface area contributed by atoms with Crippen molar-refractivity contribution < 1.29 is 14.2 Å². The number of hydrogen-bond donors (Lipinski definition) is 0. The van der Waals surface area contributed by atoms with Crippen LogP contribution in [-0.4, -0.2) is 40.1 Å². The maximum Gasteiger partial charge on any atom is 0.104 e. The summed E-state index contributed by atoms with van der Waals surface area (Å²) in [6, 6.07) is 0. The van der Waals surface area contributed by atoms with Crippen LogP contribution in [0.1, 0.15) is 26.7 Å². The molecular formula is C11H24O3. The van der Waals surface area contributed by atoms with Crippen molar-refractivity contribution in [1.29, 1.82) is 0 Å². The van der Waals surface area contributed by atoms with Crippen molar-refractivity contribution in [2.75, 3.05) is 34.0 Å². The predicted molar refractivity (Wildman–Crippen MR) is 57.6 cm³/mol. The Morgan fingerprint density at radius 3 is 2.29 bits per heavy atom. The summed E-state index contributed by atoms with van der Waals surface area (Å²) in [5, 5.41) is 0. The smallest absolute Gasteiger partial charge is 0.104 e. The Labute approximate surface area is 87.7 Å². The average Bonchev–Trinajstić information content (AvgIpc) is 2.17. The fraction of sp³-hybridized carbons (Fsp3) is 1.00. The summed E-state index contributed by atoms with van der Waals surface area (Å²) in [6.45, 7) is 6.44. The fourth-order valence-electron chi connectivity index (χ4n) is 1.35. The van der Waals surface area contributed by atoms with E-state index in [2.05, 4.69) is 13.8 Å². The van der Waals surface area contributed by atoms with E-state index in [4.69, 9.17) is 14.2 Å². The Morgan fingerprint density at radius 1 is 1.07 bits per heavy atom. The monoisotopic (exact) mass is 204 g/mol. The van der Waals surface area contributed by atoms with Crippen LogP contribution < -0.4 is 0 Å². The van der Waals surface area contributed by atoms with Gasteiger partial charge in [0, 0.05) is 20.8 Å². The van der Waals surface area contributed by atoms with Crippen LogP contribution in [0.4, 0.5) is 0 Å². The Balaban J connectivity index is 3.40. The Kier molecular flexibility index (Phi) is 9.35. The molecule has 2 unspecified atom stereocenters. The highest BCUT2D eigenvalue weighted by atomic mass is 16.5. The quantitative estimate of drug-likeness (QED) is 0.575. The summed E-state index contributed by atoms with van der Waals surface area (Å²) in [6.07, 6.45) is 2.51. The predicted octanol–water partition coefficient (Wildman–Crippen LogP) is 2.10. The van der Waals surface area contributed by atoms with Gasteiger partial charge in [0.25, 0.3) is 0 Å². The molecule has 14 heavy (non-hydrogen) atoms. The van der Waals surface area contributed by atoms with Crippen LogP contribution in [-0.2, 0) is 14.2 Å². The number of rotatable bonds is 9. The van der Waals surface area contributed by atoms with Gasteiger partial charge in [-0.1, -0.05) is 20.3 Å². The summed E-state index contributed by atoms with van der Waals surface area (Å²) >= 11 is 0. The highest BCUT2D eigenvalue weighted by molar-refractivity contribution is 4.55. The summed E-state index contributed by atoms with van der Waals surface area (Å²) in [5.41, 5.74) is 0. The molecule has 0 amide bonds. The van der Waals surface area contributed by atoms with Crippen molar-refractivity contribution in [2.45, 2.75) is 32.8 Å². The highest BCUT2D eigenvalue weighted by Crippen LogP contribution is 2.05. The molecule has 0 saturated carbocycles. The van der Waals surface area contributed by atoms with Gasteiger partial charge in [0.1, 0.15) is 6.10 Å². The SMILES string of the molecule is CCCC(C)COCC(COC)OC. The van der Waals surface area contributed by atoms with Crippen molar-refractivity contribution in [3.8, 4) is 0 Å². The second kappa shape index (κ2) is 9.44. The van der Waals surface area contributed by atoms with Crippen LogP contribution in [0.5, 0.6) is 0 Å². The number of hydrogen-bond acceptors (Lipinski definition) is 3. The molecule has 0 aliphatic carbocycles. The Bertz CT molecular complexity index is 117. The number of methoxy groups -OCH3 is 2. The van der Waals surface area contributed by atoms with Crippen molar-refractivity contribution >= 4 is 0 Å². The summed E-state index contributed by atoms with van der Waals surface area (Å²) in [5.74, 6) is 0.639. The lowest BCUT2D eigenvalue weighted by Gasteiger charge is -2.16. The third-order valence-corrected chi connectivity index (χ3v) is 2.17. The van der Waals surface area contributed by atoms with Crippen LogP contribution in [0.3, 0.4) is 0 Å². The first-order valence-corrected chi connectivity index (χ1v) is 5.34. The lowest BCUT2D eigenvalue weighted by molar-refractivity contribution is -0.0365. The van der Waals surface area contributed by atoms with E-state index in [9.17, 15) is 0 Å².